The van der Waals surface area contributed by atoms with Crippen molar-refractivity contribution in [2.24, 2.45) is 0 Å². The van der Waals surface area contributed by atoms with Crippen molar-refractivity contribution in [2.75, 3.05) is 32.6 Å². The van der Waals surface area contributed by atoms with Crippen LogP contribution in [-0.4, -0.2) is 61.0 Å². The Bertz CT molecular complexity index is 1790. The van der Waals surface area contributed by atoms with Crippen LogP contribution in [0.2, 0.25) is 0 Å². The summed E-state index contributed by atoms with van der Waals surface area (Å²) in [6.07, 6.45) is 9.58. The summed E-state index contributed by atoms with van der Waals surface area (Å²) in [6, 6.07) is 14.1. The molecular formula is C31H36N8O2. The Morgan fingerprint density at radius 2 is 1.98 bits per heavy atom. The van der Waals surface area contributed by atoms with Crippen molar-refractivity contribution in [3.63, 3.8) is 0 Å². The average Bonchev–Trinajstić information content (AvgIpc) is 3.48. The molecule has 0 radical (unpaired) electrons. The first kappa shape index (κ1) is 26.9. The van der Waals surface area contributed by atoms with Crippen molar-refractivity contribution in [3.05, 3.63) is 83.1 Å². The third kappa shape index (κ3) is 5.40. The van der Waals surface area contributed by atoms with Gasteiger partial charge in [-0.2, -0.15) is 4.98 Å². The maximum absolute atomic E-state index is 13.5. The molecule has 4 aromatic heterocycles. The molecule has 5 aromatic rings. The summed E-state index contributed by atoms with van der Waals surface area (Å²) in [4.78, 5) is 30.0. The van der Waals surface area contributed by atoms with Gasteiger partial charge in [0.25, 0.3) is 5.56 Å². The normalized spacial score (nSPS) is 16.2. The van der Waals surface area contributed by atoms with E-state index >= 15 is 0 Å². The molecule has 0 atom stereocenters. The van der Waals surface area contributed by atoms with Gasteiger partial charge in [-0.3, -0.25) is 4.79 Å². The van der Waals surface area contributed by atoms with Crippen LogP contribution < -0.4 is 10.9 Å². The van der Waals surface area contributed by atoms with Gasteiger partial charge in [-0.15, -0.1) is 0 Å². The maximum atomic E-state index is 13.5. The lowest BCUT2D eigenvalue weighted by Gasteiger charge is -2.25. The first-order valence-corrected chi connectivity index (χ1v) is 14.1. The van der Waals surface area contributed by atoms with Crippen molar-refractivity contribution in [1.29, 1.82) is 0 Å². The molecular weight excluding hydrogens is 516 g/mol. The third-order valence-corrected chi connectivity index (χ3v) is 7.48. The number of likely N-dealkylation sites (N-methyl/N-ethyl adjacent to an activating group) is 1. The van der Waals surface area contributed by atoms with Crippen LogP contribution in [0.1, 0.15) is 32.4 Å². The van der Waals surface area contributed by atoms with E-state index in [0.29, 0.717) is 36.0 Å². The highest BCUT2D eigenvalue weighted by Crippen LogP contribution is 2.26. The monoisotopic (exact) mass is 552 g/mol. The molecule has 1 aliphatic heterocycles. The summed E-state index contributed by atoms with van der Waals surface area (Å²) in [5.74, 6) is 1.01. The molecule has 41 heavy (non-hydrogen) atoms. The molecule has 1 aromatic carbocycles. The van der Waals surface area contributed by atoms with Gasteiger partial charge in [0.15, 0.2) is 11.5 Å². The summed E-state index contributed by atoms with van der Waals surface area (Å²) >= 11 is 0. The minimum Gasteiger partial charge on any atom is -0.369 e. The second kappa shape index (κ2) is 10.9. The lowest BCUT2D eigenvalue weighted by Crippen LogP contribution is -2.26. The van der Waals surface area contributed by atoms with Crippen LogP contribution in [0, 0.1) is 0 Å². The number of hydrogen-bond donors (Lipinski definition) is 1. The molecule has 0 aliphatic carbocycles. The molecule has 0 amide bonds. The number of aromatic nitrogens is 6. The van der Waals surface area contributed by atoms with Gasteiger partial charge in [-0.1, -0.05) is 18.2 Å². The Morgan fingerprint density at radius 1 is 1.10 bits per heavy atom. The van der Waals surface area contributed by atoms with E-state index in [2.05, 4.69) is 64.3 Å². The van der Waals surface area contributed by atoms with Crippen LogP contribution in [0.25, 0.3) is 27.8 Å². The van der Waals surface area contributed by atoms with E-state index in [-0.39, 0.29) is 5.56 Å². The van der Waals surface area contributed by atoms with Gasteiger partial charge in [-0.25, -0.2) is 19.3 Å². The highest BCUT2D eigenvalue weighted by Gasteiger charge is 2.25. The molecule has 0 fully saturated rings. The van der Waals surface area contributed by atoms with Crippen molar-refractivity contribution >= 4 is 33.6 Å². The predicted molar refractivity (Wildman–Crippen MR) is 162 cm³/mol. The van der Waals surface area contributed by atoms with Crippen LogP contribution in [0.15, 0.2) is 71.8 Å². The molecule has 1 N–H and O–H groups in total. The van der Waals surface area contributed by atoms with Gasteiger partial charge in [0.2, 0.25) is 5.95 Å². The summed E-state index contributed by atoms with van der Waals surface area (Å²) in [5, 5.41) is 4.91. The van der Waals surface area contributed by atoms with E-state index in [1.807, 2.05) is 44.2 Å². The van der Waals surface area contributed by atoms with E-state index in [1.54, 1.807) is 15.6 Å². The number of pyridine rings is 1. The fraction of sp³-hybridized carbons (Fsp3) is 0.355. The second-order valence-corrected chi connectivity index (χ2v) is 11.2. The standard InChI is InChI=1S/C31H36N8O2/c1-31(2)26-10-9-11-27(34-26)39-28-24(29(40)38(39)15-7-5-6-8-19-41-31)21-32-30(35-28)33-23-12-13-25-22(20-23)14-16-37(25)18-17-36(3)4/h5,7,9-14,16,20-21H,6,8,15,17-19H2,1-4H3,(H,32,33,35)/b7-5-. The third-order valence-electron chi connectivity index (χ3n) is 7.48. The highest BCUT2D eigenvalue weighted by molar-refractivity contribution is 5.85. The van der Waals surface area contributed by atoms with E-state index in [0.717, 1.165) is 42.7 Å². The zero-order valence-electron chi connectivity index (χ0n) is 24.0. The first-order valence-electron chi connectivity index (χ1n) is 14.1. The number of rotatable bonds is 5. The number of hydrogen-bond acceptors (Lipinski definition) is 7. The Morgan fingerprint density at radius 3 is 2.83 bits per heavy atom. The Kier molecular flexibility index (Phi) is 7.19. The van der Waals surface area contributed by atoms with Crippen LogP contribution in [0.4, 0.5) is 11.6 Å². The van der Waals surface area contributed by atoms with Crippen LogP contribution >= 0.6 is 0 Å². The highest BCUT2D eigenvalue weighted by atomic mass is 16.5. The van der Waals surface area contributed by atoms with E-state index in [9.17, 15) is 4.79 Å². The number of nitrogens with one attached hydrogen (secondary N) is 1. The Labute approximate surface area is 238 Å². The SMILES string of the molecule is CN(C)CCn1ccc2cc(Nc3ncc4c(=O)n5n(c4n3)-c3cccc(n3)C(C)(C)OCCC/C=C\C5)ccc21. The summed E-state index contributed by atoms with van der Waals surface area (Å²) in [5.41, 5.74) is 2.60. The van der Waals surface area contributed by atoms with Gasteiger partial charge in [0, 0.05) is 48.7 Å². The quantitative estimate of drug-likeness (QED) is 0.312. The number of anilines is 2. The molecule has 10 heteroatoms. The van der Waals surface area contributed by atoms with Gasteiger partial charge in [0.1, 0.15) is 11.0 Å². The number of nitrogens with zero attached hydrogens (tertiary/aromatic N) is 7. The van der Waals surface area contributed by atoms with Crippen LogP contribution in [0.5, 0.6) is 0 Å². The molecule has 0 spiro atoms. The van der Waals surface area contributed by atoms with E-state index in [4.69, 9.17) is 14.7 Å². The first-order chi connectivity index (χ1) is 19.8. The van der Waals surface area contributed by atoms with Crippen molar-refractivity contribution < 1.29 is 4.74 Å². The lowest BCUT2D eigenvalue weighted by atomic mass is 10.0. The van der Waals surface area contributed by atoms with Crippen molar-refractivity contribution in [2.45, 2.75) is 45.4 Å². The number of benzene rings is 1. The van der Waals surface area contributed by atoms with Crippen LogP contribution in [0.3, 0.4) is 0 Å². The molecule has 6 rings (SSSR count). The molecule has 1 aliphatic rings. The molecule has 10 nitrogen and oxygen atoms in total. The maximum Gasteiger partial charge on any atom is 0.278 e. The zero-order valence-corrected chi connectivity index (χ0v) is 24.0. The van der Waals surface area contributed by atoms with Crippen molar-refractivity contribution in [3.8, 4) is 5.82 Å². The summed E-state index contributed by atoms with van der Waals surface area (Å²) in [7, 11) is 4.16. The molecule has 0 unspecified atom stereocenters. The van der Waals surface area contributed by atoms with Crippen LogP contribution in [-0.2, 0) is 23.4 Å². The summed E-state index contributed by atoms with van der Waals surface area (Å²) < 4.78 is 11.9. The smallest absolute Gasteiger partial charge is 0.278 e. The van der Waals surface area contributed by atoms with E-state index in [1.165, 1.54) is 5.52 Å². The average molecular weight is 553 g/mol. The number of ether oxygens (including phenoxy) is 1. The van der Waals surface area contributed by atoms with Gasteiger partial charge < -0.3 is 19.5 Å². The number of fused-ring (bicyclic) bond motifs is 7. The summed E-state index contributed by atoms with van der Waals surface area (Å²) in [6.45, 7) is 6.96. The Balaban J connectivity index is 1.40. The van der Waals surface area contributed by atoms with Gasteiger partial charge in [-0.05, 0) is 77.2 Å². The lowest BCUT2D eigenvalue weighted by molar-refractivity contribution is -0.0255. The van der Waals surface area contributed by atoms with Gasteiger partial charge in [0.05, 0.1) is 12.2 Å². The topological polar surface area (TPSA) is 95.0 Å². The molecule has 0 saturated heterocycles. The molecule has 2 bridgehead atoms. The minimum atomic E-state index is -0.576. The zero-order chi connectivity index (χ0) is 28.6. The molecule has 5 heterocycles. The fourth-order valence-corrected chi connectivity index (χ4v) is 5.17. The Hall–Kier alpha value is -4.28. The largest absolute Gasteiger partial charge is 0.369 e. The number of allylic oxidation sites excluding steroid dienone is 2. The molecule has 212 valence electrons. The molecule has 0 saturated carbocycles. The predicted octanol–water partition coefficient (Wildman–Crippen LogP) is 4.84. The van der Waals surface area contributed by atoms with Crippen molar-refractivity contribution in [1.82, 2.24) is 33.8 Å². The van der Waals surface area contributed by atoms with Gasteiger partial charge >= 0.3 is 0 Å². The fourth-order valence-electron chi connectivity index (χ4n) is 5.17. The minimum absolute atomic E-state index is 0.158. The van der Waals surface area contributed by atoms with E-state index < -0.39 is 5.60 Å². The second-order valence-electron chi connectivity index (χ2n) is 11.2.